The number of non-ortho nitro benzene ring substituents is 1. The molecule has 11 heteroatoms. The fourth-order valence-electron chi connectivity index (χ4n) is 2.34. The molecular formula is C18H12BrNO7S2. The van der Waals surface area contributed by atoms with Gasteiger partial charge in [0, 0.05) is 16.6 Å². The van der Waals surface area contributed by atoms with E-state index in [0.717, 1.165) is 30.3 Å². The SMILES string of the molecule is O=[N+]([O-])c1ccc(OS(=O)(=O)c2cccc(S(=O)(=O)c3ccc(Br)cc3)c2)cc1. The van der Waals surface area contributed by atoms with E-state index in [0.29, 0.717) is 4.47 Å². The number of hydrogen-bond acceptors (Lipinski definition) is 7. The molecule has 0 saturated carbocycles. The number of halogens is 1. The molecule has 0 aliphatic rings. The molecule has 8 nitrogen and oxygen atoms in total. The molecule has 0 radical (unpaired) electrons. The molecule has 0 amide bonds. The van der Waals surface area contributed by atoms with Gasteiger partial charge in [0.1, 0.15) is 10.6 Å². The number of nitro groups is 1. The molecule has 0 atom stereocenters. The van der Waals surface area contributed by atoms with E-state index in [1.807, 2.05) is 0 Å². The van der Waals surface area contributed by atoms with Gasteiger partial charge >= 0.3 is 10.1 Å². The number of benzene rings is 3. The van der Waals surface area contributed by atoms with Crippen molar-refractivity contribution >= 4 is 41.6 Å². The maximum atomic E-state index is 12.8. The lowest BCUT2D eigenvalue weighted by molar-refractivity contribution is -0.384. The summed E-state index contributed by atoms with van der Waals surface area (Å²) in [6.45, 7) is 0. The van der Waals surface area contributed by atoms with Crippen LogP contribution in [-0.2, 0) is 20.0 Å². The van der Waals surface area contributed by atoms with Crippen molar-refractivity contribution in [3.8, 4) is 5.75 Å². The molecule has 0 aromatic heterocycles. The third-order valence-corrected chi connectivity index (χ3v) is 7.32. The van der Waals surface area contributed by atoms with Crippen LogP contribution in [0.15, 0.2) is 92.0 Å². The summed E-state index contributed by atoms with van der Waals surface area (Å²) >= 11 is 3.22. The molecular weight excluding hydrogens is 486 g/mol. The zero-order valence-electron chi connectivity index (χ0n) is 14.4. The Labute approximate surface area is 175 Å². The Morgan fingerprint density at radius 1 is 0.793 bits per heavy atom. The standard InChI is InChI=1S/C18H12BrNO7S2/c19-13-4-10-16(11-5-13)28(23,24)17-2-1-3-18(12-17)29(25,26)27-15-8-6-14(7-9-15)20(21)22/h1-12H. The van der Waals surface area contributed by atoms with Crippen LogP contribution in [0.2, 0.25) is 0 Å². The maximum Gasteiger partial charge on any atom is 0.339 e. The first-order valence-electron chi connectivity index (χ1n) is 7.89. The van der Waals surface area contributed by atoms with Gasteiger partial charge in [-0.25, -0.2) is 8.42 Å². The third kappa shape index (κ3) is 4.63. The van der Waals surface area contributed by atoms with Gasteiger partial charge in [0.05, 0.1) is 14.7 Å². The molecule has 3 rings (SSSR count). The molecule has 0 fully saturated rings. The van der Waals surface area contributed by atoms with Crippen molar-refractivity contribution < 1.29 is 25.9 Å². The summed E-state index contributed by atoms with van der Waals surface area (Å²) in [5, 5.41) is 10.7. The molecule has 0 bridgehead atoms. The van der Waals surface area contributed by atoms with Crippen molar-refractivity contribution in [3.63, 3.8) is 0 Å². The van der Waals surface area contributed by atoms with Crippen molar-refractivity contribution in [1.82, 2.24) is 0 Å². The molecule has 0 aliphatic heterocycles. The molecule has 0 N–H and O–H groups in total. The van der Waals surface area contributed by atoms with Crippen LogP contribution in [0.25, 0.3) is 0 Å². The largest absolute Gasteiger partial charge is 0.379 e. The van der Waals surface area contributed by atoms with Crippen LogP contribution in [0.5, 0.6) is 5.75 Å². The zero-order valence-corrected chi connectivity index (χ0v) is 17.6. The predicted octanol–water partition coefficient (Wildman–Crippen LogP) is 3.96. The van der Waals surface area contributed by atoms with E-state index in [9.17, 15) is 26.9 Å². The minimum Gasteiger partial charge on any atom is -0.379 e. The van der Waals surface area contributed by atoms with Gasteiger partial charge in [-0.2, -0.15) is 8.42 Å². The van der Waals surface area contributed by atoms with Crippen LogP contribution >= 0.6 is 15.9 Å². The summed E-state index contributed by atoms with van der Waals surface area (Å²) in [5.41, 5.74) is -0.225. The van der Waals surface area contributed by atoms with Gasteiger partial charge in [0.25, 0.3) is 5.69 Å². The Morgan fingerprint density at radius 2 is 1.38 bits per heavy atom. The van der Waals surface area contributed by atoms with E-state index in [1.165, 1.54) is 30.3 Å². The second kappa shape index (κ2) is 7.93. The van der Waals surface area contributed by atoms with Crippen molar-refractivity contribution in [2.45, 2.75) is 14.7 Å². The number of hydrogen-bond donors (Lipinski definition) is 0. The van der Waals surface area contributed by atoms with Crippen LogP contribution < -0.4 is 4.18 Å². The quantitative estimate of drug-likeness (QED) is 0.287. The van der Waals surface area contributed by atoms with Crippen LogP contribution in [0, 0.1) is 10.1 Å². The number of nitro benzene ring substituents is 1. The predicted molar refractivity (Wildman–Crippen MR) is 107 cm³/mol. The van der Waals surface area contributed by atoms with Gasteiger partial charge in [0.2, 0.25) is 9.84 Å². The topological polar surface area (TPSA) is 121 Å². The molecule has 29 heavy (non-hydrogen) atoms. The van der Waals surface area contributed by atoms with Gasteiger partial charge in [-0.15, -0.1) is 0 Å². The molecule has 0 saturated heterocycles. The van der Waals surface area contributed by atoms with E-state index in [2.05, 4.69) is 15.9 Å². The fourth-order valence-corrected chi connectivity index (χ4v) is 4.97. The third-order valence-electron chi connectivity index (χ3n) is 3.78. The molecule has 3 aromatic rings. The molecule has 0 spiro atoms. The van der Waals surface area contributed by atoms with Crippen LogP contribution in [0.4, 0.5) is 5.69 Å². The Morgan fingerprint density at radius 3 is 1.97 bits per heavy atom. The normalized spacial score (nSPS) is 11.8. The molecule has 0 heterocycles. The van der Waals surface area contributed by atoms with Gasteiger partial charge in [-0.05, 0) is 54.6 Å². The van der Waals surface area contributed by atoms with E-state index >= 15 is 0 Å². The average Bonchev–Trinajstić information content (AvgIpc) is 2.68. The summed E-state index contributed by atoms with van der Waals surface area (Å²) < 4.78 is 56.2. The number of sulfone groups is 1. The van der Waals surface area contributed by atoms with Crippen molar-refractivity contribution in [2.24, 2.45) is 0 Å². The lowest BCUT2D eigenvalue weighted by Gasteiger charge is -2.09. The second-order valence-corrected chi connectivity index (χ2v) is 10.1. The minimum absolute atomic E-state index is 0.00605. The summed E-state index contributed by atoms with van der Waals surface area (Å²) in [4.78, 5) is 9.47. The van der Waals surface area contributed by atoms with E-state index in [4.69, 9.17) is 4.18 Å². The van der Waals surface area contributed by atoms with Crippen molar-refractivity contribution in [3.05, 3.63) is 87.4 Å². The summed E-state index contributed by atoms with van der Waals surface area (Å²) in [5.74, 6) is -0.142. The van der Waals surface area contributed by atoms with Gasteiger partial charge in [0.15, 0.2) is 0 Å². The lowest BCUT2D eigenvalue weighted by Crippen LogP contribution is -2.11. The average molecular weight is 498 g/mol. The highest BCUT2D eigenvalue weighted by Crippen LogP contribution is 2.26. The summed E-state index contributed by atoms with van der Waals surface area (Å²) in [6, 6.07) is 15.1. The van der Waals surface area contributed by atoms with Gasteiger partial charge in [-0.1, -0.05) is 22.0 Å². The van der Waals surface area contributed by atoms with Crippen LogP contribution in [0.1, 0.15) is 0 Å². The van der Waals surface area contributed by atoms with Crippen LogP contribution in [0.3, 0.4) is 0 Å². The van der Waals surface area contributed by atoms with Crippen LogP contribution in [-0.4, -0.2) is 21.8 Å². The smallest absolute Gasteiger partial charge is 0.339 e. The van der Waals surface area contributed by atoms with Crippen molar-refractivity contribution in [1.29, 1.82) is 0 Å². The highest BCUT2D eigenvalue weighted by atomic mass is 79.9. The monoisotopic (exact) mass is 497 g/mol. The fraction of sp³-hybridized carbons (Fsp3) is 0. The molecule has 0 aliphatic carbocycles. The number of rotatable bonds is 6. The number of nitrogens with zero attached hydrogens (tertiary/aromatic N) is 1. The Kier molecular flexibility index (Phi) is 5.73. The zero-order chi connectivity index (χ0) is 21.2. The minimum atomic E-state index is -4.36. The van der Waals surface area contributed by atoms with Crippen molar-refractivity contribution in [2.75, 3.05) is 0 Å². The first kappa shape index (κ1) is 21.0. The molecule has 150 valence electrons. The van der Waals surface area contributed by atoms with E-state index < -0.39 is 24.9 Å². The Bertz CT molecular complexity index is 1270. The van der Waals surface area contributed by atoms with E-state index in [1.54, 1.807) is 12.1 Å². The second-order valence-electron chi connectivity index (χ2n) is 5.72. The highest BCUT2D eigenvalue weighted by molar-refractivity contribution is 9.10. The first-order valence-corrected chi connectivity index (χ1v) is 11.6. The Hall–Kier alpha value is -2.76. The molecule has 0 unspecified atom stereocenters. The van der Waals surface area contributed by atoms with E-state index in [-0.39, 0.29) is 26.1 Å². The Balaban J connectivity index is 1.93. The van der Waals surface area contributed by atoms with Gasteiger partial charge in [-0.3, -0.25) is 10.1 Å². The first-order chi connectivity index (χ1) is 13.6. The summed E-state index contributed by atoms with van der Waals surface area (Å²) in [6.07, 6.45) is 0. The van der Waals surface area contributed by atoms with Gasteiger partial charge < -0.3 is 4.18 Å². The highest BCUT2D eigenvalue weighted by Gasteiger charge is 2.23. The summed E-state index contributed by atoms with van der Waals surface area (Å²) in [7, 11) is -8.30. The maximum absolute atomic E-state index is 12.8. The molecule has 3 aromatic carbocycles. The lowest BCUT2D eigenvalue weighted by atomic mass is 10.3.